The predicted molar refractivity (Wildman–Crippen MR) is 49.2 cm³/mol. The molecule has 0 aromatic heterocycles. The van der Waals surface area contributed by atoms with Crippen molar-refractivity contribution in [3.8, 4) is 0 Å². The lowest BCUT2D eigenvalue weighted by Crippen LogP contribution is -2.50. The van der Waals surface area contributed by atoms with Crippen LogP contribution >= 0.6 is 0 Å². The number of rotatable bonds is 1. The maximum atomic E-state index is 11.4. The highest BCUT2D eigenvalue weighted by Gasteiger charge is 2.23. The van der Waals surface area contributed by atoms with Gasteiger partial charge in [-0.25, -0.2) is 4.79 Å². The molecule has 1 aliphatic heterocycles. The molecule has 0 radical (unpaired) electrons. The summed E-state index contributed by atoms with van der Waals surface area (Å²) >= 11 is 0. The molecule has 13 heavy (non-hydrogen) atoms. The van der Waals surface area contributed by atoms with Crippen molar-refractivity contribution in [2.24, 2.45) is 5.73 Å². The summed E-state index contributed by atoms with van der Waals surface area (Å²) in [4.78, 5) is 13.1. The molecule has 0 unspecified atom stereocenters. The van der Waals surface area contributed by atoms with Gasteiger partial charge in [-0.2, -0.15) is 0 Å². The lowest BCUT2D eigenvalue weighted by molar-refractivity contribution is 0.0157. The Labute approximate surface area is 78.2 Å². The summed E-state index contributed by atoms with van der Waals surface area (Å²) in [6.07, 6.45) is -0.325. The Hall–Kier alpha value is -0.810. The number of carbonyl (C=O) groups excluding carboxylic acids is 1. The fourth-order valence-electron chi connectivity index (χ4n) is 1.14. The molecule has 5 nitrogen and oxygen atoms in total. The number of piperazine rings is 1. The van der Waals surface area contributed by atoms with E-state index in [2.05, 4.69) is 5.32 Å². The lowest BCUT2D eigenvalue weighted by atomic mass is 10.3. The second kappa shape index (κ2) is 3.93. The highest BCUT2D eigenvalue weighted by atomic mass is 16.6. The minimum atomic E-state index is -0.887. The summed E-state index contributed by atoms with van der Waals surface area (Å²) in [5.41, 5.74) is 4.67. The van der Waals surface area contributed by atoms with Gasteiger partial charge in [-0.05, 0) is 13.8 Å². The zero-order chi connectivity index (χ0) is 9.90. The number of nitrogens with one attached hydrogen (secondary N) is 1. The molecule has 0 atom stereocenters. The first-order valence-electron chi connectivity index (χ1n) is 4.46. The van der Waals surface area contributed by atoms with Gasteiger partial charge < -0.3 is 15.0 Å². The summed E-state index contributed by atoms with van der Waals surface area (Å²) in [5.74, 6) is 0. The molecule has 76 valence electrons. The normalized spacial score (nSPS) is 18.5. The Kier molecular flexibility index (Phi) is 3.11. The topological polar surface area (TPSA) is 67.6 Å². The van der Waals surface area contributed by atoms with Crippen LogP contribution in [-0.4, -0.2) is 42.9 Å². The van der Waals surface area contributed by atoms with Gasteiger partial charge in [0, 0.05) is 26.2 Å². The van der Waals surface area contributed by atoms with E-state index in [1.807, 2.05) is 0 Å². The molecule has 5 heteroatoms. The van der Waals surface area contributed by atoms with Gasteiger partial charge in [0.15, 0.2) is 5.72 Å². The fraction of sp³-hybridized carbons (Fsp3) is 0.875. The molecule has 0 aliphatic carbocycles. The molecular weight excluding hydrogens is 170 g/mol. The van der Waals surface area contributed by atoms with E-state index in [9.17, 15) is 4.79 Å². The molecule has 0 bridgehead atoms. The van der Waals surface area contributed by atoms with Crippen LogP contribution in [0.3, 0.4) is 0 Å². The summed E-state index contributed by atoms with van der Waals surface area (Å²) in [7, 11) is 0. The third-order valence-electron chi connectivity index (χ3n) is 1.73. The first-order valence-corrected chi connectivity index (χ1v) is 4.46. The third kappa shape index (κ3) is 3.61. The molecule has 0 spiro atoms. The SMILES string of the molecule is CC(C)(N)OC(=O)N1CCNCC1. The van der Waals surface area contributed by atoms with Crippen LogP contribution < -0.4 is 11.1 Å². The molecule has 0 aromatic rings. The molecule has 1 amide bonds. The van der Waals surface area contributed by atoms with Crippen molar-refractivity contribution in [3.05, 3.63) is 0 Å². The van der Waals surface area contributed by atoms with Gasteiger partial charge in [-0.15, -0.1) is 0 Å². The van der Waals surface area contributed by atoms with Crippen LogP contribution in [0, 0.1) is 0 Å². The van der Waals surface area contributed by atoms with E-state index in [0.717, 1.165) is 13.1 Å². The fourth-order valence-corrected chi connectivity index (χ4v) is 1.14. The minimum absolute atomic E-state index is 0.325. The van der Waals surface area contributed by atoms with Gasteiger partial charge in [-0.3, -0.25) is 5.73 Å². The zero-order valence-electron chi connectivity index (χ0n) is 8.17. The van der Waals surface area contributed by atoms with Gasteiger partial charge in [-0.1, -0.05) is 0 Å². The smallest absolute Gasteiger partial charge is 0.411 e. The molecule has 1 saturated heterocycles. The van der Waals surface area contributed by atoms with Crippen LogP contribution in [0.15, 0.2) is 0 Å². The van der Waals surface area contributed by atoms with Crippen molar-refractivity contribution in [2.45, 2.75) is 19.6 Å². The standard InChI is InChI=1S/C8H17N3O2/c1-8(2,9)13-7(12)11-5-3-10-4-6-11/h10H,3-6,9H2,1-2H3. The van der Waals surface area contributed by atoms with Gasteiger partial charge in [0.2, 0.25) is 0 Å². The Bertz CT molecular complexity index is 182. The molecular formula is C8H17N3O2. The van der Waals surface area contributed by atoms with Crippen molar-refractivity contribution in [3.63, 3.8) is 0 Å². The van der Waals surface area contributed by atoms with Crippen LogP contribution in [0.2, 0.25) is 0 Å². The zero-order valence-corrected chi connectivity index (χ0v) is 8.17. The average Bonchev–Trinajstić information content (AvgIpc) is 2.03. The number of hydrogen-bond acceptors (Lipinski definition) is 4. The number of hydrogen-bond donors (Lipinski definition) is 2. The summed E-state index contributed by atoms with van der Waals surface area (Å²) in [6, 6.07) is 0. The van der Waals surface area contributed by atoms with Gasteiger partial charge in [0.1, 0.15) is 0 Å². The number of amides is 1. The first kappa shape index (κ1) is 10.3. The van der Waals surface area contributed by atoms with Crippen LogP contribution in [0.4, 0.5) is 4.79 Å². The van der Waals surface area contributed by atoms with Crippen molar-refractivity contribution in [1.82, 2.24) is 10.2 Å². The lowest BCUT2D eigenvalue weighted by Gasteiger charge is -2.30. The van der Waals surface area contributed by atoms with E-state index >= 15 is 0 Å². The maximum absolute atomic E-state index is 11.4. The first-order chi connectivity index (χ1) is 5.99. The monoisotopic (exact) mass is 187 g/mol. The number of carbonyl (C=O) groups is 1. The maximum Gasteiger partial charge on any atom is 0.411 e. The van der Waals surface area contributed by atoms with Gasteiger partial charge in [0.25, 0.3) is 0 Å². The van der Waals surface area contributed by atoms with E-state index in [4.69, 9.17) is 10.5 Å². The van der Waals surface area contributed by atoms with E-state index < -0.39 is 5.72 Å². The molecule has 3 N–H and O–H groups in total. The summed E-state index contributed by atoms with van der Waals surface area (Å²) in [6.45, 7) is 6.34. The summed E-state index contributed by atoms with van der Waals surface area (Å²) in [5, 5.41) is 3.15. The minimum Gasteiger partial charge on any atom is -0.428 e. The predicted octanol–water partition coefficient (Wildman–Crippen LogP) is -0.277. The Morgan fingerprint density at radius 2 is 2.00 bits per heavy atom. The molecule has 1 heterocycles. The van der Waals surface area contributed by atoms with E-state index in [1.165, 1.54) is 0 Å². The Balaban J connectivity index is 2.38. The van der Waals surface area contributed by atoms with Gasteiger partial charge in [0.05, 0.1) is 0 Å². The van der Waals surface area contributed by atoms with Crippen molar-refractivity contribution >= 4 is 6.09 Å². The molecule has 0 aromatic carbocycles. The van der Waals surface area contributed by atoms with E-state index in [-0.39, 0.29) is 6.09 Å². The highest BCUT2D eigenvalue weighted by Crippen LogP contribution is 2.04. The van der Waals surface area contributed by atoms with E-state index in [1.54, 1.807) is 18.7 Å². The Morgan fingerprint density at radius 1 is 1.46 bits per heavy atom. The van der Waals surface area contributed by atoms with Crippen LogP contribution in [0.5, 0.6) is 0 Å². The van der Waals surface area contributed by atoms with E-state index in [0.29, 0.717) is 13.1 Å². The van der Waals surface area contributed by atoms with Crippen molar-refractivity contribution < 1.29 is 9.53 Å². The second-order valence-electron chi connectivity index (χ2n) is 3.71. The third-order valence-corrected chi connectivity index (χ3v) is 1.73. The molecule has 1 fully saturated rings. The number of ether oxygens (including phenoxy) is 1. The molecule has 1 aliphatic rings. The summed E-state index contributed by atoms with van der Waals surface area (Å²) < 4.78 is 5.01. The largest absolute Gasteiger partial charge is 0.428 e. The number of nitrogens with two attached hydrogens (primary N) is 1. The highest BCUT2D eigenvalue weighted by molar-refractivity contribution is 5.68. The van der Waals surface area contributed by atoms with Gasteiger partial charge >= 0.3 is 6.09 Å². The molecule has 1 rings (SSSR count). The number of nitrogens with zero attached hydrogens (tertiary/aromatic N) is 1. The quantitative estimate of drug-likeness (QED) is 0.554. The Morgan fingerprint density at radius 3 is 2.46 bits per heavy atom. The second-order valence-corrected chi connectivity index (χ2v) is 3.71. The van der Waals surface area contributed by atoms with Crippen molar-refractivity contribution in [2.75, 3.05) is 26.2 Å². The average molecular weight is 187 g/mol. The van der Waals surface area contributed by atoms with Crippen LogP contribution in [0.1, 0.15) is 13.8 Å². The van der Waals surface area contributed by atoms with Crippen LogP contribution in [0.25, 0.3) is 0 Å². The molecule has 0 saturated carbocycles. The van der Waals surface area contributed by atoms with Crippen LogP contribution in [-0.2, 0) is 4.74 Å². The van der Waals surface area contributed by atoms with Crippen molar-refractivity contribution in [1.29, 1.82) is 0 Å².